The molecule has 0 radical (unpaired) electrons. The summed E-state index contributed by atoms with van der Waals surface area (Å²) in [6.07, 6.45) is 5.04. The zero-order valence-corrected chi connectivity index (χ0v) is 9.30. The van der Waals surface area contributed by atoms with Crippen molar-refractivity contribution < 1.29 is 4.74 Å². The Bertz CT molecular complexity index is 370. The fraction of sp³-hybridized carbons (Fsp3) is 0.583. The van der Waals surface area contributed by atoms with E-state index in [9.17, 15) is 0 Å². The molecule has 2 saturated heterocycles. The second-order valence-electron chi connectivity index (χ2n) is 4.70. The van der Waals surface area contributed by atoms with E-state index in [0.717, 1.165) is 25.2 Å². The highest BCUT2D eigenvalue weighted by molar-refractivity contribution is 5.38. The molecule has 2 unspecified atom stereocenters. The largest absolute Gasteiger partial charge is 0.383 e. The Hall–Kier alpha value is -1.13. The molecule has 0 spiro atoms. The molecule has 86 valence electrons. The molecule has 4 heteroatoms. The molecule has 1 aromatic rings. The molecule has 0 aromatic carbocycles. The zero-order valence-electron chi connectivity index (χ0n) is 9.30. The van der Waals surface area contributed by atoms with Gasteiger partial charge in [-0.05, 0) is 18.9 Å². The van der Waals surface area contributed by atoms with Gasteiger partial charge in [-0.2, -0.15) is 0 Å². The Morgan fingerprint density at radius 3 is 2.81 bits per heavy atom. The number of rotatable bonds is 2. The number of aromatic nitrogens is 1. The highest BCUT2D eigenvalue weighted by Gasteiger charge is 2.33. The van der Waals surface area contributed by atoms with Crippen LogP contribution in [0.4, 0.5) is 5.82 Å². The summed E-state index contributed by atoms with van der Waals surface area (Å²) >= 11 is 0. The van der Waals surface area contributed by atoms with Gasteiger partial charge in [0.05, 0.1) is 12.2 Å². The van der Waals surface area contributed by atoms with Crippen LogP contribution in [0.2, 0.25) is 0 Å². The van der Waals surface area contributed by atoms with Crippen molar-refractivity contribution in [2.75, 3.05) is 18.8 Å². The van der Waals surface area contributed by atoms with E-state index in [2.05, 4.69) is 16.0 Å². The van der Waals surface area contributed by atoms with Gasteiger partial charge in [0.15, 0.2) is 0 Å². The number of ether oxygens (including phenoxy) is 1. The molecule has 3 heterocycles. The molecule has 0 aliphatic carbocycles. The van der Waals surface area contributed by atoms with E-state index >= 15 is 0 Å². The van der Waals surface area contributed by atoms with Gasteiger partial charge in [0.2, 0.25) is 0 Å². The number of nitrogens with two attached hydrogens (primary N) is 1. The van der Waals surface area contributed by atoms with Crippen molar-refractivity contribution in [3.8, 4) is 0 Å². The maximum absolute atomic E-state index is 5.85. The second kappa shape index (κ2) is 4.03. The molecule has 2 fully saturated rings. The van der Waals surface area contributed by atoms with Crippen LogP contribution in [0.25, 0.3) is 0 Å². The average molecular weight is 219 g/mol. The van der Waals surface area contributed by atoms with Crippen LogP contribution in [0, 0.1) is 0 Å². The standard InChI is InChI=1S/C12H17N3O/c13-12-9(2-1-5-14-12)6-15-7-10-3-4-11(8-15)16-10/h1-2,5,10-11H,3-4,6-8H2,(H2,13,14). The molecule has 2 aliphatic rings. The summed E-state index contributed by atoms with van der Waals surface area (Å²) in [6, 6.07) is 4.00. The minimum Gasteiger partial charge on any atom is -0.383 e. The Labute approximate surface area is 95.4 Å². The number of nitrogens with zero attached hydrogens (tertiary/aromatic N) is 2. The van der Waals surface area contributed by atoms with E-state index in [1.807, 2.05) is 6.07 Å². The highest BCUT2D eigenvalue weighted by atomic mass is 16.5. The Kier molecular flexibility index (Phi) is 2.53. The zero-order chi connectivity index (χ0) is 11.0. The molecule has 3 rings (SSSR count). The van der Waals surface area contributed by atoms with E-state index in [0.29, 0.717) is 18.0 Å². The van der Waals surface area contributed by atoms with Crippen LogP contribution in [0.15, 0.2) is 18.3 Å². The van der Waals surface area contributed by atoms with Crippen molar-refractivity contribution in [1.82, 2.24) is 9.88 Å². The van der Waals surface area contributed by atoms with Crippen molar-refractivity contribution in [3.63, 3.8) is 0 Å². The molecule has 4 nitrogen and oxygen atoms in total. The maximum atomic E-state index is 5.85. The molecule has 2 aliphatic heterocycles. The molecule has 2 N–H and O–H groups in total. The second-order valence-corrected chi connectivity index (χ2v) is 4.70. The lowest BCUT2D eigenvalue weighted by Gasteiger charge is -2.32. The topological polar surface area (TPSA) is 51.4 Å². The van der Waals surface area contributed by atoms with Gasteiger partial charge >= 0.3 is 0 Å². The molecule has 16 heavy (non-hydrogen) atoms. The third-order valence-electron chi connectivity index (χ3n) is 3.44. The molecule has 0 saturated carbocycles. The van der Waals surface area contributed by atoms with Gasteiger partial charge in [-0.3, -0.25) is 4.90 Å². The van der Waals surface area contributed by atoms with Crippen molar-refractivity contribution >= 4 is 5.82 Å². The lowest BCUT2D eigenvalue weighted by molar-refractivity contribution is -0.0410. The minimum absolute atomic E-state index is 0.441. The number of morpholine rings is 1. The summed E-state index contributed by atoms with van der Waals surface area (Å²) in [6.45, 7) is 2.96. The number of anilines is 1. The van der Waals surface area contributed by atoms with Gasteiger partial charge in [0.1, 0.15) is 5.82 Å². The van der Waals surface area contributed by atoms with Crippen LogP contribution in [0.3, 0.4) is 0 Å². The molecular weight excluding hydrogens is 202 g/mol. The normalized spacial score (nSPS) is 29.5. The Balaban J connectivity index is 1.69. The van der Waals surface area contributed by atoms with Crippen LogP contribution in [-0.2, 0) is 11.3 Å². The first-order chi connectivity index (χ1) is 7.81. The van der Waals surface area contributed by atoms with Crippen LogP contribution < -0.4 is 5.73 Å². The van der Waals surface area contributed by atoms with Crippen LogP contribution >= 0.6 is 0 Å². The van der Waals surface area contributed by atoms with E-state index in [1.54, 1.807) is 6.20 Å². The highest BCUT2D eigenvalue weighted by Crippen LogP contribution is 2.27. The Morgan fingerprint density at radius 2 is 2.12 bits per heavy atom. The van der Waals surface area contributed by atoms with Crippen molar-refractivity contribution in [2.24, 2.45) is 0 Å². The number of nitrogen functional groups attached to an aromatic ring is 1. The van der Waals surface area contributed by atoms with Gasteiger partial charge in [-0.15, -0.1) is 0 Å². The average Bonchev–Trinajstić information content (AvgIpc) is 2.62. The van der Waals surface area contributed by atoms with E-state index in [1.165, 1.54) is 12.8 Å². The quantitative estimate of drug-likeness (QED) is 0.807. The Morgan fingerprint density at radius 1 is 1.38 bits per heavy atom. The van der Waals surface area contributed by atoms with E-state index in [4.69, 9.17) is 10.5 Å². The number of pyridine rings is 1. The van der Waals surface area contributed by atoms with Gasteiger partial charge in [-0.1, -0.05) is 6.07 Å². The SMILES string of the molecule is Nc1ncccc1CN1CC2CCC(C1)O2. The van der Waals surface area contributed by atoms with Crippen molar-refractivity contribution in [2.45, 2.75) is 31.6 Å². The summed E-state index contributed by atoms with van der Waals surface area (Å²) in [5.74, 6) is 0.654. The van der Waals surface area contributed by atoms with Gasteiger partial charge < -0.3 is 10.5 Å². The minimum atomic E-state index is 0.441. The number of hydrogen-bond acceptors (Lipinski definition) is 4. The van der Waals surface area contributed by atoms with E-state index in [-0.39, 0.29) is 0 Å². The maximum Gasteiger partial charge on any atom is 0.127 e. The molecule has 0 amide bonds. The third-order valence-corrected chi connectivity index (χ3v) is 3.44. The first-order valence-corrected chi connectivity index (χ1v) is 5.88. The third kappa shape index (κ3) is 1.90. The number of likely N-dealkylation sites (tertiary alicyclic amines) is 1. The van der Waals surface area contributed by atoms with Gasteiger partial charge in [0.25, 0.3) is 0 Å². The lowest BCUT2D eigenvalue weighted by Crippen LogP contribution is -2.42. The lowest BCUT2D eigenvalue weighted by atomic mass is 10.2. The van der Waals surface area contributed by atoms with Crippen molar-refractivity contribution in [3.05, 3.63) is 23.9 Å². The van der Waals surface area contributed by atoms with Gasteiger partial charge in [-0.25, -0.2) is 4.98 Å². The monoisotopic (exact) mass is 219 g/mol. The first-order valence-electron chi connectivity index (χ1n) is 5.88. The number of hydrogen-bond donors (Lipinski definition) is 1. The predicted molar refractivity (Wildman–Crippen MR) is 61.8 cm³/mol. The predicted octanol–water partition coefficient (Wildman–Crippen LogP) is 1.03. The summed E-state index contributed by atoms with van der Waals surface area (Å²) < 4.78 is 5.81. The smallest absolute Gasteiger partial charge is 0.127 e. The first kappa shape index (κ1) is 10.1. The van der Waals surface area contributed by atoms with E-state index < -0.39 is 0 Å². The summed E-state index contributed by atoms with van der Waals surface area (Å²) in [5.41, 5.74) is 6.98. The van der Waals surface area contributed by atoms with Crippen LogP contribution in [-0.4, -0.2) is 35.2 Å². The fourth-order valence-electron chi connectivity index (χ4n) is 2.65. The van der Waals surface area contributed by atoms with Crippen molar-refractivity contribution in [1.29, 1.82) is 0 Å². The molecular formula is C12H17N3O. The fourth-order valence-corrected chi connectivity index (χ4v) is 2.65. The molecule has 2 bridgehead atoms. The van der Waals surface area contributed by atoms with Gasteiger partial charge in [0, 0.05) is 31.4 Å². The summed E-state index contributed by atoms with van der Waals surface area (Å²) in [4.78, 5) is 6.55. The molecule has 2 atom stereocenters. The summed E-state index contributed by atoms with van der Waals surface area (Å²) in [5, 5.41) is 0. The summed E-state index contributed by atoms with van der Waals surface area (Å²) in [7, 11) is 0. The molecule has 1 aromatic heterocycles. The number of fused-ring (bicyclic) bond motifs is 2. The van der Waals surface area contributed by atoms with Crippen LogP contribution in [0.5, 0.6) is 0 Å². The van der Waals surface area contributed by atoms with Crippen LogP contribution in [0.1, 0.15) is 18.4 Å².